The first-order valence-electron chi connectivity index (χ1n) is 11.7. The molecule has 9 heteroatoms. The third kappa shape index (κ3) is 5.91. The van der Waals surface area contributed by atoms with Crippen LogP contribution in [0.2, 0.25) is 0 Å². The standard InChI is InChI=1S/C26H25N3O3S3/c30-23(28-25-27-20-8-4-5-9-21(20)34-25)14-15-29-24(31)22(35-26(29)33)16-17-10-12-19(13-11-17)32-18-6-2-1-3-7-18/h4-5,8-13,16,18H,1-3,6-7,14-15H2,(H,27,28,30)/b22-16-. The molecule has 1 N–H and O–H groups in total. The molecule has 2 aromatic carbocycles. The fraction of sp³-hybridized carbons (Fsp3) is 0.308. The number of benzene rings is 2. The van der Waals surface area contributed by atoms with E-state index in [1.54, 1.807) is 0 Å². The van der Waals surface area contributed by atoms with Crippen molar-refractivity contribution in [3.63, 3.8) is 0 Å². The minimum atomic E-state index is -0.198. The molecular formula is C26H25N3O3S3. The lowest BCUT2D eigenvalue weighted by atomic mass is 9.98. The SMILES string of the molecule is O=C(CCN1C(=O)/C(=C/c2ccc(OC3CCCCC3)cc2)SC1=S)Nc1nc2ccccc2s1. The van der Waals surface area contributed by atoms with E-state index in [1.165, 1.54) is 47.3 Å². The Morgan fingerprint density at radius 3 is 2.69 bits per heavy atom. The third-order valence-electron chi connectivity index (χ3n) is 6.01. The van der Waals surface area contributed by atoms with E-state index in [4.69, 9.17) is 17.0 Å². The number of carbonyl (C=O) groups excluding carboxylic acids is 2. The first-order chi connectivity index (χ1) is 17.0. The maximum Gasteiger partial charge on any atom is 0.266 e. The Balaban J connectivity index is 1.15. The molecule has 1 saturated carbocycles. The van der Waals surface area contributed by atoms with Crippen molar-refractivity contribution in [2.45, 2.75) is 44.6 Å². The molecule has 1 aliphatic heterocycles. The van der Waals surface area contributed by atoms with E-state index < -0.39 is 0 Å². The number of rotatable bonds is 7. The zero-order valence-corrected chi connectivity index (χ0v) is 21.5. The number of aromatic nitrogens is 1. The van der Waals surface area contributed by atoms with E-state index in [0.29, 0.717) is 20.5 Å². The topological polar surface area (TPSA) is 71.5 Å². The molecule has 6 nitrogen and oxygen atoms in total. The lowest BCUT2D eigenvalue weighted by Crippen LogP contribution is -2.31. The van der Waals surface area contributed by atoms with Crippen molar-refractivity contribution >= 4 is 72.9 Å². The molecule has 0 radical (unpaired) electrons. The van der Waals surface area contributed by atoms with Gasteiger partial charge in [-0.05, 0) is 61.6 Å². The van der Waals surface area contributed by atoms with Gasteiger partial charge in [0.2, 0.25) is 5.91 Å². The van der Waals surface area contributed by atoms with Gasteiger partial charge >= 0.3 is 0 Å². The average molecular weight is 524 g/mol. The van der Waals surface area contributed by atoms with E-state index >= 15 is 0 Å². The number of nitrogens with zero attached hydrogens (tertiary/aromatic N) is 2. The molecule has 0 spiro atoms. The van der Waals surface area contributed by atoms with Crippen LogP contribution in [0.25, 0.3) is 16.3 Å². The molecule has 0 unspecified atom stereocenters. The number of nitrogens with one attached hydrogen (secondary N) is 1. The van der Waals surface area contributed by atoms with Crippen molar-refractivity contribution in [1.82, 2.24) is 9.88 Å². The van der Waals surface area contributed by atoms with Crippen LogP contribution in [0.3, 0.4) is 0 Å². The number of thiazole rings is 1. The molecule has 5 rings (SSSR count). The maximum atomic E-state index is 12.9. The summed E-state index contributed by atoms with van der Waals surface area (Å²) in [6, 6.07) is 15.5. The normalized spacial score (nSPS) is 17.9. The Morgan fingerprint density at radius 1 is 1.14 bits per heavy atom. The number of amides is 2. The minimum Gasteiger partial charge on any atom is -0.490 e. The van der Waals surface area contributed by atoms with Crippen molar-refractivity contribution in [1.29, 1.82) is 0 Å². The Morgan fingerprint density at radius 2 is 1.91 bits per heavy atom. The van der Waals surface area contributed by atoms with Crippen LogP contribution >= 0.6 is 35.3 Å². The van der Waals surface area contributed by atoms with E-state index in [2.05, 4.69) is 10.3 Å². The summed E-state index contributed by atoms with van der Waals surface area (Å²) < 4.78 is 7.56. The zero-order valence-electron chi connectivity index (χ0n) is 19.1. The molecule has 2 fully saturated rings. The van der Waals surface area contributed by atoms with Crippen molar-refractivity contribution in [2.24, 2.45) is 0 Å². The van der Waals surface area contributed by atoms with Crippen molar-refractivity contribution < 1.29 is 14.3 Å². The lowest BCUT2D eigenvalue weighted by molar-refractivity contribution is -0.122. The first kappa shape index (κ1) is 24.0. The third-order valence-corrected chi connectivity index (χ3v) is 8.34. The highest BCUT2D eigenvalue weighted by molar-refractivity contribution is 8.26. The summed E-state index contributed by atoms with van der Waals surface area (Å²) in [4.78, 5) is 31.8. The number of carbonyl (C=O) groups is 2. The van der Waals surface area contributed by atoms with Gasteiger partial charge in [0.15, 0.2) is 5.13 Å². The smallest absolute Gasteiger partial charge is 0.266 e. The van der Waals surface area contributed by atoms with Gasteiger partial charge in [-0.3, -0.25) is 14.5 Å². The number of hydrogen-bond acceptors (Lipinski definition) is 7. The van der Waals surface area contributed by atoms with Gasteiger partial charge in [0.05, 0.1) is 21.2 Å². The van der Waals surface area contributed by atoms with E-state index in [9.17, 15) is 9.59 Å². The van der Waals surface area contributed by atoms with Gasteiger partial charge in [0.25, 0.3) is 5.91 Å². The molecule has 35 heavy (non-hydrogen) atoms. The zero-order chi connectivity index (χ0) is 24.2. The Labute approximate surface area is 217 Å². The molecule has 2 amide bonds. The predicted octanol–water partition coefficient (Wildman–Crippen LogP) is 6.24. The molecule has 1 aliphatic carbocycles. The second kappa shape index (κ2) is 10.9. The quantitative estimate of drug-likeness (QED) is 0.292. The first-order valence-corrected chi connectivity index (χ1v) is 13.8. The number of thiocarbonyl (C=S) groups is 1. The van der Waals surface area contributed by atoms with E-state index in [-0.39, 0.29) is 24.8 Å². The summed E-state index contributed by atoms with van der Waals surface area (Å²) >= 11 is 8.10. The van der Waals surface area contributed by atoms with Gasteiger partial charge in [-0.25, -0.2) is 4.98 Å². The number of anilines is 1. The van der Waals surface area contributed by atoms with Crippen LogP contribution in [0.1, 0.15) is 44.1 Å². The van der Waals surface area contributed by atoms with E-state index in [1.807, 2.05) is 54.6 Å². The highest BCUT2D eigenvalue weighted by Gasteiger charge is 2.32. The second-order valence-electron chi connectivity index (χ2n) is 8.57. The molecule has 2 heterocycles. The van der Waals surface area contributed by atoms with Crippen LogP contribution in [0, 0.1) is 0 Å². The predicted molar refractivity (Wildman–Crippen MR) is 147 cm³/mol. The van der Waals surface area contributed by atoms with Gasteiger partial charge in [0.1, 0.15) is 10.1 Å². The molecule has 1 aromatic heterocycles. The minimum absolute atomic E-state index is 0.142. The van der Waals surface area contributed by atoms with Crippen LogP contribution in [0.5, 0.6) is 5.75 Å². The molecule has 0 bridgehead atoms. The summed E-state index contributed by atoms with van der Waals surface area (Å²) in [6.45, 7) is 0.229. The number of thioether (sulfide) groups is 1. The van der Waals surface area contributed by atoms with Crippen LogP contribution < -0.4 is 10.1 Å². The number of para-hydroxylation sites is 1. The average Bonchev–Trinajstić information content (AvgIpc) is 3.39. The van der Waals surface area contributed by atoms with Gasteiger partial charge in [-0.1, -0.05) is 66.0 Å². The second-order valence-corrected chi connectivity index (χ2v) is 11.3. The molecule has 2 aliphatic rings. The summed E-state index contributed by atoms with van der Waals surface area (Å²) in [7, 11) is 0. The monoisotopic (exact) mass is 523 g/mol. The summed E-state index contributed by atoms with van der Waals surface area (Å²) in [5.41, 5.74) is 1.76. The fourth-order valence-corrected chi connectivity index (χ4v) is 6.37. The van der Waals surface area contributed by atoms with Crippen molar-refractivity contribution in [3.8, 4) is 5.75 Å². The van der Waals surface area contributed by atoms with Gasteiger partial charge in [-0.15, -0.1) is 0 Å². The number of fused-ring (bicyclic) bond motifs is 1. The lowest BCUT2D eigenvalue weighted by Gasteiger charge is -2.22. The fourth-order valence-electron chi connectivity index (χ4n) is 4.18. The van der Waals surface area contributed by atoms with Crippen LogP contribution in [0.15, 0.2) is 53.4 Å². The van der Waals surface area contributed by atoms with Crippen LogP contribution in [-0.4, -0.2) is 38.7 Å². The van der Waals surface area contributed by atoms with Crippen molar-refractivity contribution in [3.05, 3.63) is 59.0 Å². The van der Waals surface area contributed by atoms with E-state index in [0.717, 1.165) is 34.4 Å². The summed E-state index contributed by atoms with van der Waals surface area (Å²) in [5, 5.41) is 3.38. The Kier molecular flexibility index (Phi) is 7.46. The summed E-state index contributed by atoms with van der Waals surface area (Å²) in [6.07, 6.45) is 8.27. The Hall–Kier alpha value is -2.75. The molecular weight excluding hydrogens is 499 g/mol. The number of hydrogen-bond donors (Lipinski definition) is 1. The van der Waals surface area contributed by atoms with Gasteiger partial charge < -0.3 is 10.1 Å². The highest BCUT2D eigenvalue weighted by atomic mass is 32.2. The molecule has 180 valence electrons. The number of ether oxygens (including phenoxy) is 1. The summed E-state index contributed by atoms with van der Waals surface area (Å²) in [5.74, 6) is 0.492. The van der Waals surface area contributed by atoms with Crippen LogP contribution in [0.4, 0.5) is 5.13 Å². The molecule has 0 atom stereocenters. The highest BCUT2D eigenvalue weighted by Crippen LogP contribution is 2.33. The van der Waals surface area contributed by atoms with Crippen molar-refractivity contribution in [2.75, 3.05) is 11.9 Å². The van der Waals surface area contributed by atoms with Gasteiger partial charge in [-0.2, -0.15) is 0 Å². The molecule has 3 aromatic rings. The maximum absolute atomic E-state index is 12.9. The largest absolute Gasteiger partial charge is 0.490 e. The Bertz CT molecular complexity index is 1250. The van der Waals surface area contributed by atoms with Gasteiger partial charge in [0, 0.05) is 13.0 Å². The molecule has 1 saturated heterocycles. The van der Waals surface area contributed by atoms with Crippen LogP contribution in [-0.2, 0) is 9.59 Å².